The van der Waals surface area contributed by atoms with Gasteiger partial charge in [0.05, 0.1) is 6.04 Å². The van der Waals surface area contributed by atoms with E-state index >= 15 is 0 Å². The van der Waals surface area contributed by atoms with Crippen LogP contribution in [-0.4, -0.2) is 30.5 Å². The lowest BCUT2D eigenvalue weighted by molar-refractivity contribution is -0.133. The summed E-state index contributed by atoms with van der Waals surface area (Å²) in [6.07, 6.45) is 2.20. The minimum atomic E-state index is -0.596. The van der Waals surface area contributed by atoms with Gasteiger partial charge in [-0.1, -0.05) is 20.3 Å². The van der Waals surface area contributed by atoms with Gasteiger partial charge in [0.15, 0.2) is 5.78 Å². The van der Waals surface area contributed by atoms with Gasteiger partial charge >= 0.3 is 0 Å². The minimum Gasteiger partial charge on any atom is -0.330 e. The number of likely N-dealkylation sites (N-methyl/N-ethyl adjacent to an activating group) is 1. The summed E-state index contributed by atoms with van der Waals surface area (Å²) in [5.74, 6) is -0.150. The Bertz CT molecular complexity index is 172. The number of nitrogens with zero attached hydrogens (tertiary/aromatic N) is 1. The predicted molar refractivity (Wildman–Crippen MR) is 55.4 cm³/mol. The van der Waals surface area contributed by atoms with Crippen LogP contribution in [0, 0.1) is 5.92 Å². The van der Waals surface area contributed by atoms with Crippen LogP contribution in [0.5, 0.6) is 0 Å². The smallest absolute Gasteiger partial charge is 0.155 e. The molecule has 1 unspecified atom stereocenters. The van der Waals surface area contributed by atoms with Crippen molar-refractivity contribution in [1.82, 2.24) is 5.12 Å². The molecule has 1 atom stereocenters. The van der Waals surface area contributed by atoms with E-state index in [4.69, 9.17) is 5.73 Å². The van der Waals surface area contributed by atoms with Gasteiger partial charge in [-0.05, 0) is 19.4 Å². The molecule has 0 aliphatic rings. The van der Waals surface area contributed by atoms with Gasteiger partial charge in [0.25, 0.3) is 0 Å². The highest BCUT2D eigenvalue weighted by Gasteiger charge is 2.24. The fraction of sp³-hybridized carbons (Fsp3) is 0.900. The summed E-state index contributed by atoms with van der Waals surface area (Å²) in [5, 5.41) is 0.513. The second kappa shape index (κ2) is 6.90. The number of Topliss-reactive ketones (excluding diaryl/α,β-unsaturated/α-hetero) is 1. The Morgan fingerprint density at radius 2 is 2.00 bits per heavy atom. The maximum Gasteiger partial charge on any atom is 0.155 e. The van der Waals surface area contributed by atoms with Gasteiger partial charge in [-0.3, -0.25) is 4.79 Å². The Kier molecular flexibility index (Phi) is 6.66. The van der Waals surface area contributed by atoms with Crippen LogP contribution in [0.1, 0.15) is 33.1 Å². The molecule has 0 radical (unpaired) electrons. The van der Waals surface area contributed by atoms with Gasteiger partial charge in [-0.25, -0.2) is 0 Å². The lowest BCUT2D eigenvalue weighted by Crippen LogP contribution is -2.36. The summed E-state index contributed by atoms with van der Waals surface area (Å²) in [7, 11) is 1.30. The zero-order chi connectivity index (χ0) is 11.1. The molecule has 0 aliphatic carbocycles. The van der Waals surface area contributed by atoms with Crippen molar-refractivity contribution < 1.29 is 9.28 Å². The van der Waals surface area contributed by atoms with Crippen molar-refractivity contribution in [2.75, 3.05) is 13.6 Å². The summed E-state index contributed by atoms with van der Waals surface area (Å²) in [6, 6.07) is -0.596. The highest BCUT2D eigenvalue weighted by atomic mass is 19.2. The molecule has 0 heterocycles. The van der Waals surface area contributed by atoms with E-state index in [-0.39, 0.29) is 11.7 Å². The Balaban J connectivity index is 4.09. The number of hydrogen-bond donors (Lipinski definition) is 1. The number of ketones is 1. The Labute approximate surface area is 85.4 Å². The molecule has 0 aromatic rings. The quantitative estimate of drug-likeness (QED) is 0.505. The largest absolute Gasteiger partial charge is 0.330 e. The predicted octanol–water partition coefficient (Wildman–Crippen LogP) is 1.53. The molecule has 0 saturated heterocycles. The Morgan fingerprint density at radius 1 is 1.43 bits per heavy atom. The van der Waals surface area contributed by atoms with Crippen LogP contribution < -0.4 is 5.73 Å². The van der Waals surface area contributed by atoms with Crippen molar-refractivity contribution in [1.29, 1.82) is 0 Å². The standard InChI is InChI=1S/C10H21FN2O/c1-8(2)10(14)9(13(3)11)6-4-5-7-12/h8-9H,4-7,12H2,1-3H3. The van der Waals surface area contributed by atoms with Crippen molar-refractivity contribution in [2.45, 2.75) is 39.2 Å². The molecule has 0 spiro atoms. The number of carbonyl (C=O) groups is 1. The van der Waals surface area contributed by atoms with Crippen LogP contribution >= 0.6 is 0 Å². The van der Waals surface area contributed by atoms with E-state index in [1.54, 1.807) is 13.8 Å². The van der Waals surface area contributed by atoms with E-state index < -0.39 is 6.04 Å². The molecule has 0 aliphatic heterocycles. The number of nitrogens with two attached hydrogens (primary N) is 1. The molecule has 0 aromatic heterocycles. The molecule has 0 fully saturated rings. The van der Waals surface area contributed by atoms with Crippen LogP contribution in [0.15, 0.2) is 0 Å². The van der Waals surface area contributed by atoms with Crippen LogP contribution in [0.2, 0.25) is 0 Å². The lowest BCUT2D eigenvalue weighted by Gasteiger charge is -2.20. The van der Waals surface area contributed by atoms with Crippen molar-refractivity contribution in [3.63, 3.8) is 0 Å². The fourth-order valence-electron chi connectivity index (χ4n) is 1.36. The van der Waals surface area contributed by atoms with Gasteiger partial charge in [0, 0.05) is 13.0 Å². The second-order valence-electron chi connectivity index (χ2n) is 3.88. The molecular weight excluding hydrogens is 183 g/mol. The summed E-state index contributed by atoms with van der Waals surface area (Å²) < 4.78 is 13.0. The first-order valence-corrected chi connectivity index (χ1v) is 5.13. The third-order valence-corrected chi connectivity index (χ3v) is 2.26. The first-order valence-electron chi connectivity index (χ1n) is 5.13. The maximum absolute atomic E-state index is 13.0. The van der Waals surface area contributed by atoms with Gasteiger partial charge in [-0.2, -0.15) is 0 Å². The van der Waals surface area contributed by atoms with E-state index in [9.17, 15) is 9.28 Å². The zero-order valence-corrected chi connectivity index (χ0v) is 9.29. The van der Waals surface area contributed by atoms with Crippen LogP contribution in [0.3, 0.4) is 0 Å². The topological polar surface area (TPSA) is 46.3 Å². The normalized spacial score (nSPS) is 13.6. The molecule has 4 heteroatoms. The van der Waals surface area contributed by atoms with Gasteiger partial charge in [0.1, 0.15) is 0 Å². The van der Waals surface area contributed by atoms with Crippen molar-refractivity contribution in [3.8, 4) is 0 Å². The van der Waals surface area contributed by atoms with Gasteiger partial charge < -0.3 is 5.73 Å². The third kappa shape index (κ3) is 4.67. The summed E-state index contributed by atoms with van der Waals surface area (Å²) in [5.41, 5.74) is 5.33. The monoisotopic (exact) mass is 204 g/mol. The number of rotatable bonds is 7. The van der Waals surface area contributed by atoms with Crippen molar-refractivity contribution >= 4 is 5.78 Å². The average Bonchev–Trinajstić information content (AvgIpc) is 2.10. The summed E-state index contributed by atoms with van der Waals surface area (Å²) in [4.78, 5) is 11.6. The second-order valence-corrected chi connectivity index (χ2v) is 3.88. The first-order chi connectivity index (χ1) is 6.50. The fourth-order valence-corrected chi connectivity index (χ4v) is 1.36. The number of halogens is 1. The molecule has 0 saturated carbocycles. The van der Waals surface area contributed by atoms with E-state index in [0.29, 0.717) is 18.1 Å². The van der Waals surface area contributed by atoms with E-state index in [0.717, 1.165) is 12.8 Å². The Hall–Kier alpha value is -0.480. The molecular formula is C10H21FN2O. The molecule has 0 bridgehead atoms. The van der Waals surface area contributed by atoms with Gasteiger partial charge in [-0.15, -0.1) is 9.60 Å². The van der Waals surface area contributed by atoms with Gasteiger partial charge in [0.2, 0.25) is 0 Å². The van der Waals surface area contributed by atoms with E-state index in [1.807, 2.05) is 0 Å². The number of unbranched alkanes of at least 4 members (excludes halogenated alkanes) is 1. The number of carbonyl (C=O) groups excluding carboxylic acids is 1. The lowest BCUT2D eigenvalue weighted by atomic mass is 9.97. The molecule has 0 rings (SSSR count). The van der Waals surface area contributed by atoms with Crippen LogP contribution in [-0.2, 0) is 4.79 Å². The number of hydrogen-bond acceptors (Lipinski definition) is 3. The SMILES string of the molecule is CC(C)C(=O)C(CCCCN)N(C)F. The van der Waals surface area contributed by atoms with E-state index in [2.05, 4.69) is 0 Å². The highest BCUT2D eigenvalue weighted by Crippen LogP contribution is 2.13. The van der Waals surface area contributed by atoms with Crippen LogP contribution in [0.25, 0.3) is 0 Å². The third-order valence-electron chi connectivity index (χ3n) is 2.26. The molecule has 84 valence electrons. The van der Waals surface area contributed by atoms with Crippen molar-refractivity contribution in [3.05, 3.63) is 0 Å². The highest BCUT2D eigenvalue weighted by molar-refractivity contribution is 5.85. The molecule has 3 nitrogen and oxygen atoms in total. The molecule has 0 amide bonds. The summed E-state index contributed by atoms with van der Waals surface area (Å²) >= 11 is 0. The van der Waals surface area contributed by atoms with Crippen molar-refractivity contribution in [2.24, 2.45) is 11.7 Å². The van der Waals surface area contributed by atoms with Crippen LogP contribution in [0.4, 0.5) is 4.48 Å². The minimum absolute atomic E-state index is 0.0352. The molecule has 2 N–H and O–H groups in total. The molecule has 0 aromatic carbocycles. The molecule has 14 heavy (non-hydrogen) atoms. The maximum atomic E-state index is 13.0. The average molecular weight is 204 g/mol. The van der Waals surface area contributed by atoms with E-state index in [1.165, 1.54) is 7.05 Å². The first kappa shape index (κ1) is 13.5. The zero-order valence-electron chi connectivity index (χ0n) is 9.29. The Morgan fingerprint density at radius 3 is 2.36 bits per heavy atom. The summed E-state index contributed by atoms with van der Waals surface area (Å²) in [6.45, 7) is 4.18.